The van der Waals surface area contributed by atoms with E-state index in [0.717, 1.165) is 25.8 Å². The molecule has 0 aromatic heterocycles. The first kappa shape index (κ1) is 13.8. The first-order chi connectivity index (χ1) is 8.52. The van der Waals surface area contributed by atoms with Gasteiger partial charge in [-0.05, 0) is 25.3 Å². The number of hydrogen-bond donors (Lipinski definition) is 1. The van der Waals surface area contributed by atoms with Crippen molar-refractivity contribution in [3.8, 4) is 0 Å². The van der Waals surface area contributed by atoms with Gasteiger partial charge in [-0.3, -0.25) is 4.79 Å². The number of carbonyl (C=O) groups excluding carboxylic acids is 1. The SMILES string of the molecule is CCC1CCNC(C(=O)N2CCS(=O)(=O)CC2)C1. The number of hydrogen-bond acceptors (Lipinski definition) is 4. The van der Waals surface area contributed by atoms with Crippen molar-refractivity contribution in [3.05, 3.63) is 0 Å². The third kappa shape index (κ3) is 3.23. The van der Waals surface area contributed by atoms with Crippen molar-refractivity contribution in [2.45, 2.75) is 32.2 Å². The summed E-state index contributed by atoms with van der Waals surface area (Å²) in [5, 5.41) is 3.26. The molecular formula is C12H22N2O3S. The lowest BCUT2D eigenvalue weighted by Gasteiger charge is -2.34. The van der Waals surface area contributed by atoms with Crippen LogP contribution in [0.4, 0.5) is 0 Å². The van der Waals surface area contributed by atoms with Crippen LogP contribution in [0.2, 0.25) is 0 Å². The Hall–Kier alpha value is -0.620. The Balaban J connectivity index is 1.91. The van der Waals surface area contributed by atoms with Crippen LogP contribution in [0.25, 0.3) is 0 Å². The molecule has 0 aromatic rings. The Labute approximate surface area is 109 Å². The van der Waals surface area contributed by atoms with E-state index >= 15 is 0 Å². The molecule has 104 valence electrons. The maximum absolute atomic E-state index is 12.3. The molecule has 0 aromatic carbocycles. The molecule has 2 saturated heterocycles. The highest BCUT2D eigenvalue weighted by Gasteiger charge is 2.32. The van der Waals surface area contributed by atoms with Crippen LogP contribution in [0.1, 0.15) is 26.2 Å². The molecule has 0 bridgehead atoms. The molecule has 2 atom stereocenters. The first-order valence-corrected chi connectivity index (χ1v) is 8.56. The third-order valence-electron chi connectivity index (χ3n) is 4.04. The summed E-state index contributed by atoms with van der Waals surface area (Å²) in [6, 6.07) is -0.107. The molecule has 0 aliphatic carbocycles. The highest BCUT2D eigenvalue weighted by molar-refractivity contribution is 7.91. The first-order valence-electron chi connectivity index (χ1n) is 6.74. The average molecular weight is 274 g/mol. The summed E-state index contributed by atoms with van der Waals surface area (Å²) >= 11 is 0. The van der Waals surface area contributed by atoms with Crippen molar-refractivity contribution >= 4 is 15.7 Å². The minimum absolute atomic E-state index is 0.0862. The van der Waals surface area contributed by atoms with Crippen LogP contribution >= 0.6 is 0 Å². The molecule has 5 nitrogen and oxygen atoms in total. The van der Waals surface area contributed by atoms with E-state index in [-0.39, 0.29) is 23.5 Å². The number of amides is 1. The standard InChI is InChI=1S/C12H22N2O3S/c1-2-10-3-4-13-11(9-10)12(15)14-5-7-18(16,17)8-6-14/h10-11,13H,2-9H2,1H3. The minimum Gasteiger partial charge on any atom is -0.339 e. The van der Waals surface area contributed by atoms with Crippen molar-refractivity contribution in [2.24, 2.45) is 5.92 Å². The molecule has 0 radical (unpaired) electrons. The van der Waals surface area contributed by atoms with Crippen LogP contribution < -0.4 is 5.32 Å². The van der Waals surface area contributed by atoms with Gasteiger partial charge >= 0.3 is 0 Å². The lowest BCUT2D eigenvalue weighted by Crippen LogP contribution is -2.53. The zero-order valence-corrected chi connectivity index (χ0v) is 11.7. The zero-order chi connectivity index (χ0) is 13.2. The predicted molar refractivity (Wildman–Crippen MR) is 70.0 cm³/mol. The normalized spacial score (nSPS) is 32.2. The van der Waals surface area contributed by atoms with Gasteiger partial charge in [-0.25, -0.2) is 8.42 Å². The lowest BCUT2D eigenvalue weighted by atomic mass is 9.90. The molecule has 18 heavy (non-hydrogen) atoms. The summed E-state index contributed by atoms with van der Waals surface area (Å²) in [4.78, 5) is 14.0. The molecule has 1 N–H and O–H groups in total. The summed E-state index contributed by atoms with van der Waals surface area (Å²) in [6.45, 7) is 3.76. The summed E-state index contributed by atoms with van der Waals surface area (Å²) in [7, 11) is -2.91. The van der Waals surface area contributed by atoms with Gasteiger partial charge in [0, 0.05) is 13.1 Å². The van der Waals surface area contributed by atoms with Crippen LogP contribution in [0.3, 0.4) is 0 Å². The average Bonchev–Trinajstić information content (AvgIpc) is 2.38. The Morgan fingerprint density at radius 1 is 1.33 bits per heavy atom. The van der Waals surface area contributed by atoms with Crippen molar-refractivity contribution in [2.75, 3.05) is 31.1 Å². The van der Waals surface area contributed by atoms with Crippen LogP contribution in [-0.2, 0) is 14.6 Å². The van der Waals surface area contributed by atoms with E-state index in [1.165, 1.54) is 0 Å². The van der Waals surface area contributed by atoms with Gasteiger partial charge in [0.1, 0.15) is 0 Å². The second kappa shape index (κ2) is 5.57. The third-order valence-corrected chi connectivity index (χ3v) is 5.65. The van der Waals surface area contributed by atoms with Crippen LogP contribution in [0.15, 0.2) is 0 Å². The van der Waals surface area contributed by atoms with Crippen molar-refractivity contribution in [1.29, 1.82) is 0 Å². The molecule has 6 heteroatoms. The smallest absolute Gasteiger partial charge is 0.239 e. The number of rotatable bonds is 2. The van der Waals surface area contributed by atoms with Crippen LogP contribution in [0.5, 0.6) is 0 Å². The molecule has 0 saturated carbocycles. The van der Waals surface area contributed by atoms with E-state index in [9.17, 15) is 13.2 Å². The fraction of sp³-hybridized carbons (Fsp3) is 0.917. The Morgan fingerprint density at radius 2 is 2.00 bits per heavy atom. The monoisotopic (exact) mass is 274 g/mol. The van der Waals surface area contributed by atoms with Crippen LogP contribution in [-0.4, -0.2) is 56.4 Å². The van der Waals surface area contributed by atoms with E-state index in [1.54, 1.807) is 4.90 Å². The van der Waals surface area contributed by atoms with Crippen molar-refractivity contribution in [1.82, 2.24) is 10.2 Å². The maximum atomic E-state index is 12.3. The fourth-order valence-corrected chi connectivity index (χ4v) is 3.91. The molecule has 2 heterocycles. The summed E-state index contributed by atoms with van der Waals surface area (Å²) in [6.07, 6.45) is 3.13. The van der Waals surface area contributed by atoms with Crippen molar-refractivity contribution < 1.29 is 13.2 Å². The van der Waals surface area contributed by atoms with Gasteiger partial charge in [0.05, 0.1) is 17.5 Å². The molecule has 2 aliphatic rings. The number of carbonyl (C=O) groups is 1. The second-order valence-corrected chi connectivity index (χ2v) is 7.59. The van der Waals surface area contributed by atoms with Gasteiger partial charge in [0.15, 0.2) is 9.84 Å². The van der Waals surface area contributed by atoms with Crippen molar-refractivity contribution in [3.63, 3.8) is 0 Å². The predicted octanol–water partition coefficient (Wildman–Crippen LogP) is 0.0216. The number of nitrogens with one attached hydrogen (secondary N) is 1. The van der Waals surface area contributed by atoms with E-state index in [0.29, 0.717) is 19.0 Å². The van der Waals surface area contributed by atoms with E-state index < -0.39 is 9.84 Å². The van der Waals surface area contributed by atoms with E-state index in [1.807, 2.05) is 0 Å². The highest BCUT2D eigenvalue weighted by atomic mass is 32.2. The number of sulfone groups is 1. The van der Waals surface area contributed by atoms with Crippen LogP contribution in [0, 0.1) is 5.92 Å². The van der Waals surface area contributed by atoms with E-state index in [4.69, 9.17) is 0 Å². The van der Waals surface area contributed by atoms with Gasteiger partial charge in [-0.1, -0.05) is 13.3 Å². The summed E-state index contributed by atoms with van der Waals surface area (Å²) < 4.78 is 22.7. The highest BCUT2D eigenvalue weighted by Crippen LogP contribution is 2.21. The Morgan fingerprint density at radius 3 is 2.61 bits per heavy atom. The van der Waals surface area contributed by atoms with Gasteiger partial charge in [0.25, 0.3) is 0 Å². The van der Waals surface area contributed by atoms with Gasteiger partial charge in [-0.15, -0.1) is 0 Å². The van der Waals surface area contributed by atoms with Gasteiger partial charge in [-0.2, -0.15) is 0 Å². The van der Waals surface area contributed by atoms with Gasteiger partial charge < -0.3 is 10.2 Å². The molecule has 2 aliphatic heterocycles. The maximum Gasteiger partial charge on any atom is 0.239 e. The topological polar surface area (TPSA) is 66.5 Å². The summed E-state index contributed by atoms with van der Waals surface area (Å²) in [5.41, 5.74) is 0. The molecule has 2 unspecified atom stereocenters. The number of piperidine rings is 1. The molecule has 0 spiro atoms. The molecule has 1 amide bonds. The molecule has 2 fully saturated rings. The van der Waals surface area contributed by atoms with Gasteiger partial charge in [0.2, 0.25) is 5.91 Å². The summed E-state index contributed by atoms with van der Waals surface area (Å²) in [5.74, 6) is 0.933. The zero-order valence-electron chi connectivity index (χ0n) is 10.9. The quantitative estimate of drug-likeness (QED) is 0.771. The second-order valence-electron chi connectivity index (χ2n) is 5.28. The number of nitrogens with zero attached hydrogens (tertiary/aromatic N) is 1. The Kier molecular flexibility index (Phi) is 4.27. The Bertz CT molecular complexity index is 394. The van der Waals surface area contributed by atoms with E-state index in [2.05, 4.69) is 12.2 Å². The minimum atomic E-state index is -2.91. The molecular weight excluding hydrogens is 252 g/mol. The fourth-order valence-electron chi connectivity index (χ4n) is 2.71. The largest absolute Gasteiger partial charge is 0.339 e. The lowest BCUT2D eigenvalue weighted by molar-refractivity contribution is -0.134. The molecule has 2 rings (SSSR count).